The summed E-state index contributed by atoms with van der Waals surface area (Å²) in [6, 6.07) is 10.8. The Morgan fingerprint density at radius 1 is 1.31 bits per heavy atom. The van der Waals surface area contributed by atoms with Gasteiger partial charge in [0.2, 0.25) is 0 Å². The van der Waals surface area contributed by atoms with Gasteiger partial charge in [-0.2, -0.15) is 0 Å². The zero-order chi connectivity index (χ0) is 18.5. The smallest absolute Gasteiger partial charge is 0.320 e. The van der Waals surface area contributed by atoms with Gasteiger partial charge in [0.25, 0.3) is 0 Å². The molecule has 2 heterocycles. The molecule has 1 fully saturated rings. The standard InChI is InChI=1S/C20H24N2O4/c1-25-15-8-9-19(26-2)16(13-15)18(12-14-6-3-4-10-21-14)22-11-5-7-17(22)20(23)24/h3-4,6,8-10,13,17-18H,5,7,11-12H2,1-2H3,(H,23,24). The summed E-state index contributed by atoms with van der Waals surface area (Å²) in [7, 11) is 3.25. The van der Waals surface area contributed by atoms with Crippen molar-refractivity contribution in [2.75, 3.05) is 20.8 Å². The number of hydrogen-bond acceptors (Lipinski definition) is 5. The Labute approximate surface area is 153 Å². The molecule has 1 aromatic heterocycles. The fourth-order valence-corrected chi connectivity index (χ4v) is 3.65. The number of carbonyl (C=O) groups is 1. The van der Waals surface area contributed by atoms with Gasteiger partial charge in [-0.25, -0.2) is 0 Å². The highest BCUT2D eigenvalue weighted by molar-refractivity contribution is 5.74. The zero-order valence-corrected chi connectivity index (χ0v) is 15.1. The summed E-state index contributed by atoms with van der Waals surface area (Å²) in [6.07, 6.45) is 3.88. The third-order valence-corrected chi connectivity index (χ3v) is 4.90. The maximum absolute atomic E-state index is 11.8. The minimum atomic E-state index is -0.782. The van der Waals surface area contributed by atoms with E-state index in [9.17, 15) is 9.90 Å². The number of rotatable bonds is 7. The van der Waals surface area contributed by atoms with Crippen molar-refractivity contribution in [1.82, 2.24) is 9.88 Å². The first kappa shape index (κ1) is 18.2. The lowest BCUT2D eigenvalue weighted by Gasteiger charge is -2.32. The minimum Gasteiger partial charge on any atom is -0.497 e. The van der Waals surface area contributed by atoms with Crippen molar-refractivity contribution < 1.29 is 19.4 Å². The van der Waals surface area contributed by atoms with Crippen molar-refractivity contribution in [2.24, 2.45) is 0 Å². The van der Waals surface area contributed by atoms with Gasteiger partial charge in [0.05, 0.1) is 14.2 Å². The van der Waals surface area contributed by atoms with Crippen LogP contribution in [0, 0.1) is 0 Å². The summed E-state index contributed by atoms with van der Waals surface area (Å²) < 4.78 is 11.0. The van der Waals surface area contributed by atoms with Gasteiger partial charge in [-0.15, -0.1) is 0 Å². The van der Waals surface area contributed by atoms with Crippen LogP contribution in [-0.2, 0) is 11.2 Å². The number of nitrogens with zero attached hydrogens (tertiary/aromatic N) is 2. The van der Waals surface area contributed by atoms with Crippen LogP contribution in [0.2, 0.25) is 0 Å². The second-order valence-corrected chi connectivity index (χ2v) is 6.38. The van der Waals surface area contributed by atoms with Gasteiger partial charge in [0.15, 0.2) is 0 Å². The van der Waals surface area contributed by atoms with Crippen LogP contribution >= 0.6 is 0 Å². The number of hydrogen-bond donors (Lipinski definition) is 1. The number of likely N-dealkylation sites (tertiary alicyclic amines) is 1. The van der Waals surface area contributed by atoms with Crippen molar-refractivity contribution in [1.29, 1.82) is 0 Å². The summed E-state index contributed by atoms with van der Waals surface area (Å²) in [5.74, 6) is 0.663. The Bertz CT molecular complexity index is 751. The van der Waals surface area contributed by atoms with Crippen molar-refractivity contribution in [3.8, 4) is 11.5 Å². The normalized spacial score (nSPS) is 18.5. The minimum absolute atomic E-state index is 0.154. The lowest BCUT2D eigenvalue weighted by molar-refractivity contribution is -0.143. The lowest BCUT2D eigenvalue weighted by atomic mass is 9.97. The van der Waals surface area contributed by atoms with Crippen molar-refractivity contribution in [2.45, 2.75) is 31.3 Å². The third-order valence-electron chi connectivity index (χ3n) is 4.90. The molecule has 2 unspecified atom stereocenters. The highest BCUT2D eigenvalue weighted by Gasteiger charge is 2.37. The quantitative estimate of drug-likeness (QED) is 0.822. The lowest BCUT2D eigenvalue weighted by Crippen LogP contribution is -2.39. The number of aromatic nitrogens is 1. The SMILES string of the molecule is COc1ccc(OC)c(C(Cc2ccccn2)N2CCCC2C(=O)O)c1. The highest BCUT2D eigenvalue weighted by atomic mass is 16.5. The van der Waals surface area contributed by atoms with Crippen molar-refractivity contribution >= 4 is 5.97 Å². The maximum Gasteiger partial charge on any atom is 0.320 e. The van der Waals surface area contributed by atoms with E-state index in [1.165, 1.54) is 0 Å². The molecule has 1 aliphatic rings. The Morgan fingerprint density at radius 2 is 2.15 bits per heavy atom. The van der Waals surface area contributed by atoms with Crippen LogP contribution in [0.15, 0.2) is 42.6 Å². The maximum atomic E-state index is 11.8. The fourth-order valence-electron chi connectivity index (χ4n) is 3.65. The van der Waals surface area contributed by atoms with E-state index in [-0.39, 0.29) is 6.04 Å². The predicted molar refractivity (Wildman–Crippen MR) is 97.6 cm³/mol. The van der Waals surface area contributed by atoms with Crippen molar-refractivity contribution in [3.63, 3.8) is 0 Å². The molecule has 2 aromatic rings. The Kier molecular flexibility index (Phi) is 5.73. The first-order valence-corrected chi connectivity index (χ1v) is 8.74. The summed E-state index contributed by atoms with van der Waals surface area (Å²) in [5, 5.41) is 9.66. The molecule has 0 aliphatic carbocycles. The van der Waals surface area contributed by atoms with Gasteiger partial charge in [-0.05, 0) is 49.7 Å². The van der Waals surface area contributed by atoms with Gasteiger partial charge < -0.3 is 14.6 Å². The van der Waals surface area contributed by atoms with Gasteiger partial charge >= 0.3 is 5.97 Å². The molecule has 1 aliphatic heterocycles. The summed E-state index contributed by atoms with van der Waals surface area (Å²) in [4.78, 5) is 18.3. The number of carboxylic acid groups (broad SMARTS) is 1. The molecule has 0 spiro atoms. The summed E-state index contributed by atoms with van der Waals surface area (Å²) >= 11 is 0. The molecule has 1 N–H and O–H groups in total. The van der Waals surface area contributed by atoms with Crippen LogP contribution in [0.3, 0.4) is 0 Å². The van der Waals surface area contributed by atoms with E-state index in [2.05, 4.69) is 4.98 Å². The molecule has 0 saturated carbocycles. The molecular formula is C20H24N2O4. The first-order chi connectivity index (χ1) is 12.6. The average Bonchev–Trinajstić information content (AvgIpc) is 3.16. The van der Waals surface area contributed by atoms with Crippen LogP contribution in [0.4, 0.5) is 0 Å². The monoisotopic (exact) mass is 356 g/mol. The number of carboxylic acids is 1. The van der Waals surface area contributed by atoms with E-state index in [1.54, 1.807) is 20.4 Å². The summed E-state index contributed by atoms with van der Waals surface area (Å²) in [6.45, 7) is 0.731. The number of methoxy groups -OCH3 is 2. The number of benzene rings is 1. The Morgan fingerprint density at radius 3 is 2.81 bits per heavy atom. The Balaban J connectivity index is 2.04. The molecular weight excluding hydrogens is 332 g/mol. The van der Waals surface area contributed by atoms with Crippen LogP contribution in [0.1, 0.15) is 30.1 Å². The number of pyridine rings is 1. The fraction of sp³-hybridized carbons (Fsp3) is 0.400. The number of ether oxygens (including phenoxy) is 2. The van der Waals surface area contributed by atoms with E-state index in [0.29, 0.717) is 12.8 Å². The molecule has 0 radical (unpaired) electrons. The van der Waals surface area contributed by atoms with Crippen LogP contribution in [0.25, 0.3) is 0 Å². The Hall–Kier alpha value is -2.60. The molecule has 6 nitrogen and oxygen atoms in total. The molecule has 0 bridgehead atoms. The van der Waals surface area contributed by atoms with Gasteiger partial charge in [-0.1, -0.05) is 6.07 Å². The van der Waals surface area contributed by atoms with E-state index in [4.69, 9.17) is 9.47 Å². The summed E-state index contributed by atoms with van der Waals surface area (Å²) in [5.41, 5.74) is 1.84. The average molecular weight is 356 g/mol. The second kappa shape index (κ2) is 8.19. The largest absolute Gasteiger partial charge is 0.497 e. The van der Waals surface area contributed by atoms with Crippen LogP contribution < -0.4 is 9.47 Å². The van der Waals surface area contributed by atoms with E-state index >= 15 is 0 Å². The topological polar surface area (TPSA) is 71.9 Å². The molecule has 6 heteroatoms. The molecule has 2 atom stereocenters. The predicted octanol–water partition coefficient (Wildman–Crippen LogP) is 2.93. The molecule has 138 valence electrons. The van der Waals surface area contributed by atoms with E-state index in [0.717, 1.165) is 35.7 Å². The van der Waals surface area contributed by atoms with E-state index in [1.807, 2.05) is 41.3 Å². The zero-order valence-electron chi connectivity index (χ0n) is 15.1. The van der Waals surface area contributed by atoms with Crippen LogP contribution in [-0.4, -0.2) is 47.8 Å². The molecule has 0 amide bonds. The second-order valence-electron chi connectivity index (χ2n) is 6.38. The molecule has 3 rings (SSSR count). The number of aliphatic carboxylic acids is 1. The highest BCUT2D eigenvalue weighted by Crippen LogP contribution is 2.38. The van der Waals surface area contributed by atoms with Gasteiger partial charge in [0, 0.05) is 29.9 Å². The third kappa shape index (κ3) is 3.80. The van der Waals surface area contributed by atoms with Gasteiger partial charge in [0.1, 0.15) is 17.5 Å². The van der Waals surface area contributed by atoms with Crippen LogP contribution in [0.5, 0.6) is 11.5 Å². The molecule has 1 saturated heterocycles. The van der Waals surface area contributed by atoms with Gasteiger partial charge in [-0.3, -0.25) is 14.7 Å². The first-order valence-electron chi connectivity index (χ1n) is 8.74. The van der Waals surface area contributed by atoms with E-state index < -0.39 is 12.0 Å². The molecule has 1 aromatic carbocycles. The van der Waals surface area contributed by atoms with Crippen molar-refractivity contribution in [3.05, 3.63) is 53.9 Å². The molecule has 26 heavy (non-hydrogen) atoms.